The zero-order chi connectivity index (χ0) is 17.6. The van der Waals surface area contributed by atoms with Crippen molar-refractivity contribution in [1.29, 1.82) is 0 Å². The Labute approximate surface area is 148 Å². The Morgan fingerprint density at radius 3 is 2.54 bits per heavy atom. The van der Waals surface area contributed by atoms with Gasteiger partial charge in [-0.2, -0.15) is 0 Å². The molecule has 5 nitrogen and oxygen atoms in total. The van der Waals surface area contributed by atoms with Gasteiger partial charge in [0.15, 0.2) is 9.84 Å². The van der Waals surface area contributed by atoms with E-state index in [0.29, 0.717) is 25.3 Å². The fraction of sp³-hybridized carbons (Fsp3) is 0.588. The van der Waals surface area contributed by atoms with Gasteiger partial charge in [-0.1, -0.05) is 24.3 Å². The lowest BCUT2D eigenvalue weighted by Gasteiger charge is -2.10. The minimum atomic E-state index is -2.88. The maximum atomic E-state index is 11.9. The van der Waals surface area contributed by atoms with E-state index >= 15 is 0 Å². The molecule has 1 amide bonds. The fourth-order valence-corrected chi connectivity index (χ4v) is 5.83. The van der Waals surface area contributed by atoms with E-state index in [9.17, 15) is 13.2 Å². The van der Waals surface area contributed by atoms with Crippen molar-refractivity contribution in [3.05, 3.63) is 35.4 Å². The third-order valence-corrected chi connectivity index (χ3v) is 7.02. The molecule has 1 aliphatic heterocycles. The lowest BCUT2D eigenvalue weighted by molar-refractivity contribution is -0.118. The van der Waals surface area contributed by atoms with Crippen molar-refractivity contribution in [2.45, 2.75) is 44.8 Å². The van der Waals surface area contributed by atoms with Crippen molar-refractivity contribution in [1.82, 2.24) is 5.32 Å². The van der Waals surface area contributed by atoms with Gasteiger partial charge in [-0.25, -0.2) is 8.42 Å². The van der Waals surface area contributed by atoms with Crippen molar-refractivity contribution in [2.75, 3.05) is 17.3 Å². The first-order chi connectivity index (χ1) is 11.3. The number of sulfone groups is 1. The number of amides is 1. The van der Waals surface area contributed by atoms with E-state index in [1.54, 1.807) is 0 Å². The summed E-state index contributed by atoms with van der Waals surface area (Å²) in [7, 11) is -2.88. The highest BCUT2D eigenvalue weighted by Crippen LogP contribution is 2.23. The minimum Gasteiger partial charge on any atom is -0.374 e. The standard InChI is InChI=1S/C17H25NO4S2/c1-13(2)22-10-15-5-3-14(4-6-15)9-18-17(19)11-23-16-7-8-24(20,21)12-16/h3-6,13,16H,7-12H2,1-2H3,(H,18,19). The molecule has 2 rings (SSSR count). The summed E-state index contributed by atoms with van der Waals surface area (Å²) in [6.07, 6.45) is 0.858. The molecule has 0 aromatic heterocycles. The van der Waals surface area contributed by atoms with Gasteiger partial charge in [0.1, 0.15) is 0 Å². The van der Waals surface area contributed by atoms with Crippen molar-refractivity contribution in [3.8, 4) is 0 Å². The second kappa shape index (κ2) is 8.87. The highest BCUT2D eigenvalue weighted by atomic mass is 32.2. The van der Waals surface area contributed by atoms with E-state index in [1.165, 1.54) is 11.8 Å². The number of ether oxygens (including phenoxy) is 1. The van der Waals surface area contributed by atoms with Gasteiger partial charge in [0, 0.05) is 11.8 Å². The van der Waals surface area contributed by atoms with Gasteiger partial charge in [-0.3, -0.25) is 4.79 Å². The number of hydrogen-bond donors (Lipinski definition) is 1. The average Bonchev–Trinajstić information content (AvgIpc) is 2.89. The molecular weight excluding hydrogens is 346 g/mol. The fourth-order valence-electron chi connectivity index (χ4n) is 2.35. The molecule has 0 radical (unpaired) electrons. The molecule has 1 fully saturated rings. The lowest BCUT2D eigenvalue weighted by Crippen LogP contribution is -2.25. The van der Waals surface area contributed by atoms with Crippen LogP contribution in [-0.4, -0.2) is 42.9 Å². The molecule has 1 atom stereocenters. The first-order valence-corrected chi connectivity index (χ1v) is 11.0. The molecule has 1 N–H and O–H groups in total. The van der Waals surface area contributed by atoms with E-state index < -0.39 is 9.84 Å². The summed E-state index contributed by atoms with van der Waals surface area (Å²) in [6.45, 7) is 5.07. The number of nitrogens with one attached hydrogen (secondary N) is 1. The van der Waals surface area contributed by atoms with Crippen LogP contribution in [0.1, 0.15) is 31.4 Å². The van der Waals surface area contributed by atoms with E-state index in [-0.39, 0.29) is 28.8 Å². The maximum Gasteiger partial charge on any atom is 0.230 e. The molecule has 0 saturated carbocycles. The van der Waals surface area contributed by atoms with Crippen LogP contribution in [0.15, 0.2) is 24.3 Å². The number of carbonyl (C=O) groups is 1. The molecule has 7 heteroatoms. The topological polar surface area (TPSA) is 72.5 Å². The van der Waals surface area contributed by atoms with E-state index in [0.717, 1.165) is 11.1 Å². The average molecular weight is 372 g/mol. The molecule has 1 unspecified atom stereocenters. The van der Waals surface area contributed by atoms with Crippen molar-refractivity contribution < 1.29 is 17.9 Å². The Morgan fingerprint density at radius 2 is 1.96 bits per heavy atom. The van der Waals surface area contributed by atoms with Gasteiger partial charge in [-0.05, 0) is 31.4 Å². The van der Waals surface area contributed by atoms with Gasteiger partial charge in [0.2, 0.25) is 5.91 Å². The first kappa shape index (κ1) is 19.3. The molecule has 24 heavy (non-hydrogen) atoms. The molecule has 1 aromatic carbocycles. The third-order valence-electron chi connectivity index (χ3n) is 3.74. The van der Waals surface area contributed by atoms with Gasteiger partial charge in [0.05, 0.1) is 30.0 Å². The second-order valence-electron chi connectivity index (χ2n) is 6.29. The predicted octanol–water partition coefficient (Wildman–Crippen LogP) is 2.15. The normalized spacial score (nSPS) is 19.5. The van der Waals surface area contributed by atoms with Crippen LogP contribution >= 0.6 is 11.8 Å². The van der Waals surface area contributed by atoms with E-state index in [1.807, 2.05) is 38.1 Å². The summed E-state index contributed by atoms with van der Waals surface area (Å²) in [5.41, 5.74) is 2.14. The molecular formula is C17H25NO4S2. The largest absolute Gasteiger partial charge is 0.374 e. The van der Waals surface area contributed by atoms with Crippen molar-refractivity contribution in [3.63, 3.8) is 0 Å². The predicted molar refractivity (Wildman–Crippen MR) is 97.7 cm³/mol. The zero-order valence-corrected chi connectivity index (χ0v) is 15.8. The summed E-state index contributed by atoms with van der Waals surface area (Å²) in [4.78, 5) is 11.9. The van der Waals surface area contributed by atoms with Crippen LogP contribution in [-0.2, 0) is 32.5 Å². The van der Waals surface area contributed by atoms with Crippen LogP contribution in [0, 0.1) is 0 Å². The number of benzene rings is 1. The Hall–Kier alpha value is -1.05. The van der Waals surface area contributed by atoms with Gasteiger partial charge >= 0.3 is 0 Å². The first-order valence-electron chi connectivity index (χ1n) is 8.12. The third kappa shape index (κ3) is 6.83. The lowest BCUT2D eigenvalue weighted by atomic mass is 10.1. The summed E-state index contributed by atoms with van der Waals surface area (Å²) in [6, 6.07) is 7.97. The minimum absolute atomic E-state index is 0.0565. The maximum absolute atomic E-state index is 11.9. The Bertz CT molecular complexity index is 641. The zero-order valence-electron chi connectivity index (χ0n) is 14.2. The molecule has 0 aliphatic carbocycles. The monoisotopic (exact) mass is 371 g/mol. The van der Waals surface area contributed by atoms with Crippen LogP contribution in [0.5, 0.6) is 0 Å². The Kier molecular flexibility index (Phi) is 7.13. The highest BCUT2D eigenvalue weighted by Gasteiger charge is 2.28. The quantitative estimate of drug-likeness (QED) is 0.758. The van der Waals surface area contributed by atoms with E-state index in [4.69, 9.17) is 4.74 Å². The molecule has 0 spiro atoms. The van der Waals surface area contributed by atoms with Gasteiger partial charge in [0.25, 0.3) is 0 Å². The van der Waals surface area contributed by atoms with Crippen LogP contribution in [0.25, 0.3) is 0 Å². The SMILES string of the molecule is CC(C)OCc1ccc(CNC(=O)CSC2CCS(=O)(=O)C2)cc1. The molecule has 0 bridgehead atoms. The molecule has 134 valence electrons. The van der Waals surface area contributed by atoms with Crippen LogP contribution < -0.4 is 5.32 Å². The van der Waals surface area contributed by atoms with Gasteiger partial charge in [-0.15, -0.1) is 11.8 Å². The second-order valence-corrected chi connectivity index (χ2v) is 9.81. The molecule has 1 saturated heterocycles. The summed E-state index contributed by atoms with van der Waals surface area (Å²) in [5, 5.41) is 2.93. The number of carbonyl (C=O) groups excluding carboxylic acids is 1. The Balaban J connectivity index is 1.68. The number of rotatable bonds is 8. The molecule has 1 aromatic rings. The smallest absolute Gasteiger partial charge is 0.230 e. The molecule has 1 heterocycles. The van der Waals surface area contributed by atoms with Crippen LogP contribution in [0.2, 0.25) is 0 Å². The summed E-state index contributed by atoms with van der Waals surface area (Å²) in [5.74, 6) is 0.696. The Morgan fingerprint density at radius 1 is 1.29 bits per heavy atom. The summed E-state index contributed by atoms with van der Waals surface area (Å²) >= 11 is 1.43. The van der Waals surface area contributed by atoms with Crippen molar-refractivity contribution in [2.24, 2.45) is 0 Å². The van der Waals surface area contributed by atoms with Crippen molar-refractivity contribution >= 4 is 27.5 Å². The summed E-state index contributed by atoms with van der Waals surface area (Å²) < 4.78 is 28.3. The highest BCUT2D eigenvalue weighted by molar-refractivity contribution is 8.02. The van der Waals surface area contributed by atoms with Gasteiger partial charge < -0.3 is 10.1 Å². The number of hydrogen-bond acceptors (Lipinski definition) is 5. The number of thioether (sulfide) groups is 1. The van der Waals surface area contributed by atoms with Crippen LogP contribution in [0.3, 0.4) is 0 Å². The van der Waals surface area contributed by atoms with Crippen LogP contribution in [0.4, 0.5) is 0 Å². The van der Waals surface area contributed by atoms with E-state index in [2.05, 4.69) is 5.32 Å². The molecule has 1 aliphatic rings.